The summed E-state index contributed by atoms with van der Waals surface area (Å²) < 4.78 is 18.0. The van der Waals surface area contributed by atoms with Crippen LogP contribution < -0.4 is 10.5 Å². The first-order valence-electron chi connectivity index (χ1n) is 5.13. The van der Waals surface area contributed by atoms with Crippen LogP contribution in [-0.2, 0) is 0 Å². The van der Waals surface area contributed by atoms with E-state index in [0.29, 0.717) is 11.7 Å². The van der Waals surface area contributed by atoms with Crippen LogP contribution in [0.5, 0.6) is 5.75 Å². The smallest absolute Gasteiger partial charge is 0.126 e. The average Bonchev–Trinajstić information content (AvgIpc) is 2.16. The largest absolute Gasteiger partial charge is 0.496 e. The first-order valence-corrected chi connectivity index (χ1v) is 5.13. The van der Waals surface area contributed by atoms with Gasteiger partial charge in [-0.2, -0.15) is 0 Å². The highest BCUT2D eigenvalue weighted by molar-refractivity contribution is 5.36. The van der Waals surface area contributed by atoms with Crippen LogP contribution >= 0.6 is 0 Å². The summed E-state index contributed by atoms with van der Waals surface area (Å²) in [6.07, 6.45) is 0.863. The summed E-state index contributed by atoms with van der Waals surface area (Å²) in [5.41, 5.74) is 6.89. The average molecular weight is 211 g/mol. The molecule has 0 heterocycles. The highest BCUT2D eigenvalue weighted by Crippen LogP contribution is 2.28. The van der Waals surface area contributed by atoms with Crippen molar-refractivity contribution in [3.05, 3.63) is 29.6 Å². The number of nitrogens with two attached hydrogens (primary N) is 1. The minimum atomic E-state index is -0.299. The monoisotopic (exact) mass is 211 g/mol. The SMILES string of the molecule is COc1cc(F)ccc1[C@H](N)CC(C)C. The van der Waals surface area contributed by atoms with E-state index in [9.17, 15) is 4.39 Å². The number of hydrogen-bond donors (Lipinski definition) is 1. The molecule has 0 spiro atoms. The Morgan fingerprint density at radius 2 is 2.07 bits per heavy atom. The van der Waals surface area contributed by atoms with Gasteiger partial charge in [-0.3, -0.25) is 0 Å². The van der Waals surface area contributed by atoms with Gasteiger partial charge in [-0.05, 0) is 18.4 Å². The summed E-state index contributed by atoms with van der Waals surface area (Å²) in [6, 6.07) is 4.38. The van der Waals surface area contributed by atoms with E-state index in [1.54, 1.807) is 6.07 Å². The lowest BCUT2D eigenvalue weighted by Crippen LogP contribution is -2.14. The predicted molar refractivity (Wildman–Crippen MR) is 59.3 cm³/mol. The van der Waals surface area contributed by atoms with E-state index in [2.05, 4.69) is 13.8 Å². The van der Waals surface area contributed by atoms with Crippen molar-refractivity contribution < 1.29 is 9.13 Å². The molecular formula is C12H18FNO. The third-order valence-electron chi connectivity index (χ3n) is 2.32. The lowest BCUT2D eigenvalue weighted by molar-refractivity contribution is 0.396. The van der Waals surface area contributed by atoms with Crippen molar-refractivity contribution in [2.24, 2.45) is 11.7 Å². The van der Waals surface area contributed by atoms with E-state index < -0.39 is 0 Å². The maximum absolute atomic E-state index is 12.9. The van der Waals surface area contributed by atoms with E-state index in [1.807, 2.05) is 0 Å². The minimum Gasteiger partial charge on any atom is -0.496 e. The zero-order chi connectivity index (χ0) is 11.4. The lowest BCUT2D eigenvalue weighted by atomic mass is 9.97. The molecule has 1 rings (SSSR count). The topological polar surface area (TPSA) is 35.2 Å². The maximum Gasteiger partial charge on any atom is 0.126 e. The summed E-state index contributed by atoms with van der Waals surface area (Å²) in [4.78, 5) is 0. The Morgan fingerprint density at radius 3 is 2.60 bits per heavy atom. The third kappa shape index (κ3) is 3.20. The summed E-state index contributed by atoms with van der Waals surface area (Å²) in [7, 11) is 1.53. The lowest BCUT2D eigenvalue weighted by Gasteiger charge is -2.17. The molecule has 84 valence electrons. The minimum absolute atomic E-state index is 0.0967. The molecule has 0 amide bonds. The Bertz CT molecular complexity index is 325. The second-order valence-corrected chi connectivity index (χ2v) is 4.12. The van der Waals surface area contributed by atoms with Crippen LogP contribution in [0.2, 0.25) is 0 Å². The van der Waals surface area contributed by atoms with E-state index >= 15 is 0 Å². The summed E-state index contributed by atoms with van der Waals surface area (Å²) in [6.45, 7) is 4.21. The molecule has 0 aromatic heterocycles. The Hall–Kier alpha value is -1.09. The number of hydrogen-bond acceptors (Lipinski definition) is 2. The molecule has 0 saturated carbocycles. The molecule has 0 aliphatic carbocycles. The molecule has 0 radical (unpaired) electrons. The number of ether oxygens (including phenoxy) is 1. The van der Waals surface area contributed by atoms with Gasteiger partial charge in [0.05, 0.1) is 7.11 Å². The van der Waals surface area contributed by atoms with Crippen LogP contribution in [0.25, 0.3) is 0 Å². The highest BCUT2D eigenvalue weighted by Gasteiger charge is 2.13. The van der Waals surface area contributed by atoms with Gasteiger partial charge in [-0.15, -0.1) is 0 Å². The number of rotatable bonds is 4. The van der Waals surface area contributed by atoms with Gasteiger partial charge in [0.2, 0.25) is 0 Å². The Kier molecular flexibility index (Phi) is 4.09. The van der Waals surface area contributed by atoms with Crippen molar-refractivity contribution in [1.29, 1.82) is 0 Å². The molecule has 0 saturated heterocycles. The van der Waals surface area contributed by atoms with Crippen LogP contribution in [0.4, 0.5) is 4.39 Å². The normalized spacial score (nSPS) is 12.9. The van der Waals surface area contributed by atoms with Crippen LogP contribution in [0.15, 0.2) is 18.2 Å². The Balaban J connectivity index is 2.92. The van der Waals surface area contributed by atoms with Gasteiger partial charge >= 0.3 is 0 Å². The first-order chi connectivity index (χ1) is 7.04. The zero-order valence-electron chi connectivity index (χ0n) is 9.46. The molecule has 0 bridgehead atoms. The standard InChI is InChI=1S/C12H18FNO/c1-8(2)6-11(14)10-5-4-9(13)7-12(10)15-3/h4-5,7-8,11H,6,14H2,1-3H3/t11-/m1/s1. The molecule has 1 aromatic rings. The van der Waals surface area contributed by atoms with E-state index in [4.69, 9.17) is 10.5 Å². The molecule has 0 aliphatic rings. The van der Waals surface area contributed by atoms with Gasteiger partial charge in [0.1, 0.15) is 11.6 Å². The van der Waals surface area contributed by atoms with Gasteiger partial charge in [-0.1, -0.05) is 19.9 Å². The van der Waals surface area contributed by atoms with Crippen LogP contribution in [-0.4, -0.2) is 7.11 Å². The van der Waals surface area contributed by atoms with Crippen LogP contribution in [0.1, 0.15) is 31.9 Å². The van der Waals surface area contributed by atoms with Gasteiger partial charge in [0, 0.05) is 17.7 Å². The molecule has 1 atom stereocenters. The van der Waals surface area contributed by atoms with Crippen molar-refractivity contribution in [1.82, 2.24) is 0 Å². The Labute approximate surface area is 90.2 Å². The fraction of sp³-hybridized carbons (Fsp3) is 0.500. The molecule has 0 aliphatic heterocycles. The fourth-order valence-corrected chi connectivity index (χ4v) is 1.63. The quantitative estimate of drug-likeness (QED) is 0.831. The summed E-state index contributed by atoms with van der Waals surface area (Å²) in [5.74, 6) is 0.741. The second-order valence-electron chi connectivity index (χ2n) is 4.12. The third-order valence-corrected chi connectivity index (χ3v) is 2.32. The first kappa shape index (κ1) is 12.0. The van der Waals surface area contributed by atoms with Gasteiger partial charge < -0.3 is 10.5 Å². The molecule has 2 N–H and O–H groups in total. The van der Waals surface area contributed by atoms with E-state index in [1.165, 1.54) is 19.2 Å². The van der Waals surface area contributed by atoms with Crippen molar-refractivity contribution in [3.8, 4) is 5.75 Å². The highest BCUT2D eigenvalue weighted by atomic mass is 19.1. The number of methoxy groups -OCH3 is 1. The van der Waals surface area contributed by atoms with Crippen molar-refractivity contribution in [3.63, 3.8) is 0 Å². The molecule has 0 fully saturated rings. The Morgan fingerprint density at radius 1 is 1.40 bits per heavy atom. The van der Waals surface area contributed by atoms with Gasteiger partial charge in [0.25, 0.3) is 0 Å². The van der Waals surface area contributed by atoms with Crippen molar-refractivity contribution in [2.75, 3.05) is 7.11 Å². The van der Waals surface area contributed by atoms with Gasteiger partial charge in [-0.25, -0.2) is 4.39 Å². The van der Waals surface area contributed by atoms with Crippen molar-refractivity contribution >= 4 is 0 Å². The molecule has 0 unspecified atom stereocenters. The summed E-state index contributed by atoms with van der Waals surface area (Å²) in [5, 5.41) is 0. The number of halogens is 1. The predicted octanol–water partition coefficient (Wildman–Crippen LogP) is 2.88. The van der Waals surface area contributed by atoms with Crippen molar-refractivity contribution in [2.45, 2.75) is 26.3 Å². The maximum atomic E-state index is 12.9. The molecular weight excluding hydrogens is 193 g/mol. The zero-order valence-corrected chi connectivity index (χ0v) is 9.46. The van der Waals surface area contributed by atoms with Crippen LogP contribution in [0, 0.1) is 11.7 Å². The number of benzene rings is 1. The van der Waals surface area contributed by atoms with Crippen LogP contribution in [0.3, 0.4) is 0 Å². The molecule has 2 nitrogen and oxygen atoms in total. The molecule has 3 heteroatoms. The van der Waals surface area contributed by atoms with E-state index in [-0.39, 0.29) is 11.9 Å². The van der Waals surface area contributed by atoms with E-state index in [0.717, 1.165) is 12.0 Å². The summed E-state index contributed by atoms with van der Waals surface area (Å²) >= 11 is 0. The molecule has 1 aromatic carbocycles. The molecule has 15 heavy (non-hydrogen) atoms. The van der Waals surface area contributed by atoms with Gasteiger partial charge in [0.15, 0.2) is 0 Å². The fourth-order valence-electron chi connectivity index (χ4n) is 1.63. The second kappa shape index (κ2) is 5.12.